The van der Waals surface area contributed by atoms with Crippen molar-refractivity contribution >= 4 is 34.4 Å². The average molecular weight is 462 g/mol. The minimum atomic E-state index is -0.0197. The van der Waals surface area contributed by atoms with Gasteiger partial charge in [0.2, 0.25) is 12.7 Å². The third kappa shape index (κ3) is 2.89. The Kier molecular flexibility index (Phi) is 4.32. The average Bonchev–Trinajstić information content (AvgIpc) is 3.20. The first-order valence-corrected chi connectivity index (χ1v) is 11.0. The van der Waals surface area contributed by atoms with E-state index < -0.39 is 0 Å². The first-order chi connectivity index (χ1) is 16.0. The van der Waals surface area contributed by atoms with Crippen molar-refractivity contribution in [3.63, 3.8) is 0 Å². The number of aromatic nitrogens is 3. The van der Waals surface area contributed by atoms with E-state index >= 15 is 0 Å². The van der Waals surface area contributed by atoms with Crippen molar-refractivity contribution in [2.75, 3.05) is 25.6 Å². The molecule has 8 nitrogen and oxygen atoms in total. The lowest BCUT2D eigenvalue weighted by Gasteiger charge is -2.16. The quantitative estimate of drug-likeness (QED) is 0.465. The van der Waals surface area contributed by atoms with Crippen LogP contribution in [0.1, 0.15) is 5.69 Å². The lowest BCUT2D eigenvalue weighted by molar-refractivity contribution is -0.125. The Morgan fingerprint density at radius 3 is 2.82 bits per heavy atom. The second-order valence-electron chi connectivity index (χ2n) is 8.47. The predicted molar refractivity (Wildman–Crippen MR) is 124 cm³/mol. The van der Waals surface area contributed by atoms with Crippen LogP contribution in [0.3, 0.4) is 0 Å². The van der Waals surface area contributed by atoms with Gasteiger partial charge >= 0.3 is 0 Å². The molecule has 0 radical (unpaired) electrons. The highest BCUT2D eigenvalue weighted by atomic mass is 35.5. The molecule has 2 N–H and O–H groups in total. The van der Waals surface area contributed by atoms with E-state index in [9.17, 15) is 4.79 Å². The predicted octanol–water partition coefficient (Wildman–Crippen LogP) is 2.84. The topological polar surface area (TPSA) is 95.5 Å². The van der Waals surface area contributed by atoms with Crippen LogP contribution in [-0.2, 0) is 11.8 Å². The van der Waals surface area contributed by atoms with Crippen LogP contribution in [0.4, 0.5) is 5.82 Å². The summed E-state index contributed by atoms with van der Waals surface area (Å²) in [5, 5.41) is 1.17. The Morgan fingerprint density at radius 2 is 2.06 bits per heavy atom. The standard InChI is InChI=1S/C24H20ClN5O3/c1-3-18(31)30-8-13-12(14(13)9-30)4-6-16-20(21-23(26)27-10-28-24(21)29(16)2)19-15(25)5-7-17-22(19)33-11-32-17/h3,5,7,10,12-14H,1,8-9,11H2,2H3,(H2,26,27,28)/t12?,13-,14+. The number of nitrogens with two attached hydrogens (primary N) is 1. The molecule has 1 amide bonds. The molecular weight excluding hydrogens is 442 g/mol. The van der Waals surface area contributed by atoms with Gasteiger partial charge in [-0.2, -0.15) is 0 Å². The first kappa shape index (κ1) is 19.9. The van der Waals surface area contributed by atoms with Gasteiger partial charge < -0.3 is 24.7 Å². The normalized spacial score (nSPS) is 22.1. The number of ether oxygens (including phenoxy) is 2. The Morgan fingerprint density at radius 1 is 1.27 bits per heavy atom. The fraction of sp³-hybridized carbons (Fsp3) is 0.292. The monoisotopic (exact) mass is 461 g/mol. The Balaban J connectivity index is 1.47. The molecule has 33 heavy (non-hydrogen) atoms. The second-order valence-corrected chi connectivity index (χ2v) is 8.87. The molecule has 1 saturated carbocycles. The fourth-order valence-electron chi connectivity index (χ4n) is 5.05. The minimum Gasteiger partial charge on any atom is -0.454 e. The third-order valence-electron chi connectivity index (χ3n) is 6.77. The molecule has 2 fully saturated rings. The van der Waals surface area contributed by atoms with Crippen molar-refractivity contribution in [2.45, 2.75) is 0 Å². The molecule has 1 aliphatic carbocycles. The minimum absolute atomic E-state index is 0.0197. The van der Waals surface area contributed by atoms with Crippen LogP contribution in [0.15, 0.2) is 31.1 Å². The van der Waals surface area contributed by atoms with Crippen molar-refractivity contribution in [2.24, 2.45) is 24.8 Å². The number of hydrogen-bond acceptors (Lipinski definition) is 6. The van der Waals surface area contributed by atoms with E-state index in [0.29, 0.717) is 50.8 Å². The number of benzene rings is 1. The number of aryl methyl sites for hydroxylation is 1. The van der Waals surface area contributed by atoms with Gasteiger partial charge in [0.25, 0.3) is 0 Å². The maximum absolute atomic E-state index is 11.9. The summed E-state index contributed by atoms with van der Waals surface area (Å²) in [4.78, 5) is 22.4. The molecule has 6 rings (SSSR count). The molecule has 3 aromatic rings. The molecule has 2 aliphatic heterocycles. The van der Waals surface area contributed by atoms with Gasteiger partial charge in [-0.3, -0.25) is 4.79 Å². The van der Waals surface area contributed by atoms with Crippen LogP contribution < -0.4 is 15.2 Å². The molecule has 1 aromatic carbocycles. The summed E-state index contributed by atoms with van der Waals surface area (Å²) in [5.74, 6) is 9.33. The van der Waals surface area contributed by atoms with E-state index in [2.05, 4.69) is 28.4 Å². The van der Waals surface area contributed by atoms with E-state index in [-0.39, 0.29) is 18.6 Å². The lowest BCUT2D eigenvalue weighted by atomic mass is 10.0. The van der Waals surface area contributed by atoms with Gasteiger partial charge in [0.05, 0.1) is 16.0 Å². The Hall–Kier alpha value is -3.70. The summed E-state index contributed by atoms with van der Waals surface area (Å²) in [6.45, 7) is 5.13. The van der Waals surface area contributed by atoms with Crippen LogP contribution in [0.2, 0.25) is 5.02 Å². The molecule has 9 heteroatoms. The summed E-state index contributed by atoms with van der Waals surface area (Å²) in [6.07, 6.45) is 2.80. The zero-order chi connectivity index (χ0) is 22.9. The van der Waals surface area contributed by atoms with E-state index in [1.54, 1.807) is 12.1 Å². The second kappa shape index (κ2) is 7.15. The summed E-state index contributed by atoms with van der Waals surface area (Å²) < 4.78 is 13.3. The third-order valence-corrected chi connectivity index (χ3v) is 7.09. The molecule has 3 atom stereocenters. The summed E-state index contributed by atoms with van der Waals surface area (Å²) >= 11 is 6.67. The zero-order valence-corrected chi connectivity index (χ0v) is 18.6. The molecular formula is C24H20ClN5O3. The summed E-state index contributed by atoms with van der Waals surface area (Å²) in [7, 11) is 1.90. The number of carbonyl (C=O) groups is 1. The Labute approximate surface area is 194 Å². The van der Waals surface area contributed by atoms with Crippen LogP contribution >= 0.6 is 11.6 Å². The van der Waals surface area contributed by atoms with E-state index in [0.717, 1.165) is 24.3 Å². The van der Waals surface area contributed by atoms with Crippen LogP contribution in [0, 0.1) is 29.6 Å². The maximum Gasteiger partial charge on any atom is 0.245 e. The smallest absolute Gasteiger partial charge is 0.245 e. The molecule has 1 unspecified atom stereocenters. The molecule has 166 valence electrons. The van der Waals surface area contributed by atoms with Crippen molar-refractivity contribution < 1.29 is 14.3 Å². The van der Waals surface area contributed by atoms with Gasteiger partial charge in [0.1, 0.15) is 23.5 Å². The number of carbonyl (C=O) groups excluding carboxylic acids is 1. The number of halogens is 1. The molecule has 0 bridgehead atoms. The molecule has 0 spiro atoms. The summed E-state index contributed by atoms with van der Waals surface area (Å²) in [6, 6.07) is 3.56. The highest BCUT2D eigenvalue weighted by Crippen LogP contribution is 2.52. The van der Waals surface area contributed by atoms with E-state index in [1.807, 2.05) is 16.5 Å². The van der Waals surface area contributed by atoms with Gasteiger partial charge in [0.15, 0.2) is 11.5 Å². The van der Waals surface area contributed by atoms with Crippen molar-refractivity contribution in [1.29, 1.82) is 0 Å². The number of nitrogen functional groups attached to an aromatic ring is 1. The number of nitrogens with zero attached hydrogens (tertiary/aromatic N) is 4. The number of piperidine rings is 1. The van der Waals surface area contributed by atoms with Crippen molar-refractivity contribution in [3.05, 3.63) is 41.8 Å². The highest BCUT2D eigenvalue weighted by Gasteiger charge is 2.55. The van der Waals surface area contributed by atoms with Crippen LogP contribution in [-0.4, -0.2) is 45.2 Å². The number of anilines is 1. The molecule has 3 aliphatic rings. The summed E-state index contributed by atoms with van der Waals surface area (Å²) in [5.41, 5.74) is 9.09. The molecule has 1 saturated heterocycles. The Bertz CT molecular complexity index is 1410. The van der Waals surface area contributed by atoms with Crippen LogP contribution in [0.5, 0.6) is 11.5 Å². The number of amides is 1. The fourth-order valence-corrected chi connectivity index (χ4v) is 5.29. The molecule has 2 aromatic heterocycles. The number of likely N-dealkylation sites (tertiary alicyclic amines) is 1. The zero-order valence-electron chi connectivity index (χ0n) is 17.8. The van der Waals surface area contributed by atoms with Gasteiger partial charge in [-0.05, 0) is 36.0 Å². The van der Waals surface area contributed by atoms with Crippen LogP contribution in [0.25, 0.3) is 22.2 Å². The molecule has 4 heterocycles. The van der Waals surface area contributed by atoms with Crippen molar-refractivity contribution in [3.8, 4) is 34.5 Å². The number of hydrogen-bond donors (Lipinski definition) is 1. The van der Waals surface area contributed by atoms with E-state index in [4.69, 9.17) is 26.8 Å². The van der Waals surface area contributed by atoms with E-state index in [1.165, 1.54) is 12.4 Å². The highest BCUT2D eigenvalue weighted by molar-refractivity contribution is 6.34. The van der Waals surface area contributed by atoms with Gasteiger partial charge in [-0.15, -0.1) is 0 Å². The number of fused-ring (bicyclic) bond motifs is 3. The van der Waals surface area contributed by atoms with Gasteiger partial charge in [0, 0.05) is 31.6 Å². The van der Waals surface area contributed by atoms with Gasteiger partial charge in [-0.1, -0.05) is 24.1 Å². The number of rotatable bonds is 2. The first-order valence-electron chi connectivity index (χ1n) is 10.6. The maximum atomic E-state index is 11.9. The lowest BCUT2D eigenvalue weighted by Crippen LogP contribution is -2.29. The van der Waals surface area contributed by atoms with Crippen molar-refractivity contribution in [1.82, 2.24) is 19.4 Å². The van der Waals surface area contributed by atoms with Gasteiger partial charge in [-0.25, -0.2) is 9.97 Å². The SMILES string of the molecule is C=CC(=O)N1C[C@@H]2C(C#Cc3c(-c4c(Cl)ccc5c4OCO5)c4c(N)ncnc4n3C)[C@@H]2C1. The largest absolute Gasteiger partial charge is 0.454 e.